The molecular weight excluding hydrogens is 438 g/mol. The smallest absolute Gasteiger partial charge is 0.290 e. The molecule has 176 valence electrons. The Bertz CT molecular complexity index is 1120. The van der Waals surface area contributed by atoms with Crippen LogP contribution in [0.15, 0.2) is 53.4 Å². The zero-order valence-corrected chi connectivity index (χ0v) is 20.3. The molecule has 0 bridgehead atoms. The van der Waals surface area contributed by atoms with Gasteiger partial charge in [-0.3, -0.25) is 19.2 Å². The van der Waals surface area contributed by atoms with Gasteiger partial charge >= 0.3 is 0 Å². The van der Waals surface area contributed by atoms with Gasteiger partial charge < -0.3 is 10.2 Å². The molecule has 2 aliphatic heterocycles. The van der Waals surface area contributed by atoms with E-state index in [9.17, 15) is 9.59 Å². The summed E-state index contributed by atoms with van der Waals surface area (Å²) in [4.78, 5) is 30.3. The van der Waals surface area contributed by atoms with Crippen LogP contribution in [0.5, 0.6) is 0 Å². The largest absolute Gasteiger partial charge is 0.339 e. The van der Waals surface area contributed by atoms with Gasteiger partial charge in [0.15, 0.2) is 0 Å². The third-order valence-corrected chi connectivity index (χ3v) is 7.23. The van der Waals surface area contributed by atoms with Crippen LogP contribution < -0.4 is 15.8 Å². The number of hydrogen-bond donors (Lipinski definition) is 1. The number of benzene rings is 1. The van der Waals surface area contributed by atoms with Crippen LogP contribution in [0.2, 0.25) is 5.02 Å². The zero-order valence-electron chi connectivity index (χ0n) is 19.6. The fourth-order valence-corrected chi connectivity index (χ4v) is 5.19. The van der Waals surface area contributed by atoms with E-state index in [1.54, 1.807) is 4.68 Å². The number of likely N-dealkylation sites (tertiary alicyclic amines) is 1. The second-order valence-electron chi connectivity index (χ2n) is 8.66. The predicted octanol–water partition coefficient (Wildman–Crippen LogP) is 3.60. The zero-order chi connectivity index (χ0) is 23.6. The second kappa shape index (κ2) is 9.61. The first-order valence-electron chi connectivity index (χ1n) is 11.6. The van der Waals surface area contributed by atoms with Crippen LogP contribution in [0, 0.1) is 0 Å². The van der Waals surface area contributed by atoms with E-state index in [4.69, 9.17) is 11.6 Å². The van der Waals surface area contributed by atoms with Crippen molar-refractivity contribution in [2.24, 2.45) is 7.05 Å². The SMILES string of the molecule is C/C=C(\C=C/CC)n1c(=O)c(Cl)c(CN2CCC3(CC2)C(=O)NCN3c2ccccc2)n1C. The van der Waals surface area contributed by atoms with Crippen molar-refractivity contribution >= 4 is 28.9 Å². The van der Waals surface area contributed by atoms with Crippen molar-refractivity contribution in [1.29, 1.82) is 0 Å². The lowest BCUT2D eigenvalue weighted by Crippen LogP contribution is -2.56. The van der Waals surface area contributed by atoms with Crippen molar-refractivity contribution in [3.05, 3.63) is 69.6 Å². The highest BCUT2D eigenvalue weighted by Crippen LogP contribution is 2.36. The maximum absolute atomic E-state index is 12.9. The van der Waals surface area contributed by atoms with Crippen LogP contribution in [-0.4, -0.2) is 45.5 Å². The lowest BCUT2D eigenvalue weighted by atomic mass is 9.85. The quantitative estimate of drug-likeness (QED) is 0.657. The highest BCUT2D eigenvalue weighted by molar-refractivity contribution is 6.31. The van der Waals surface area contributed by atoms with E-state index < -0.39 is 5.54 Å². The summed E-state index contributed by atoms with van der Waals surface area (Å²) in [5, 5.41) is 3.30. The molecule has 0 radical (unpaired) electrons. The van der Waals surface area contributed by atoms with Crippen LogP contribution in [0.25, 0.3) is 5.70 Å². The highest BCUT2D eigenvalue weighted by Gasteiger charge is 2.50. The number of piperidine rings is 1. The minimum absolute atomic E-state index is 0.100. The van der Waals surface area contributed by atoms with E-state index >= 15 is 0 Å². The Balaban J connectivity index is 1.53. The van der Waals surface area contributed by atoms with E-state index in [0.29, 0.717) is 13.2 Å². The van der Waals surface area contributed by atoms with Crippen LogP contribution in [0.4, 0.5) is 5.69 Å². The number of amides is 1. The molecule has 1 amide bonds. The maximum atomic E-state index is 12.9. The Kier molecular flexibility index (Phi) is 6.81. The Morgan fingerprint density at radius 2 is 1.88 bits per heavy atom. The number of allylic oxidation sites excluding steroid dienone is 4. The summed E-state index contributed by atoms with van der Waals surface area (Å²) in [5.74, 6) is 0.100. The third-order valence-electron chi connectivity index (χ3n) is 6.85. The van der Waals surface area contributed by atoms with E-state index in [1.807, 2.05) is 55.1 Å². The van der Waals surface area contributed by atoms with Gasteiger partial charge in [-0.25, -0.2) is 4.68 Å². The van der Waals surface area contributed by atoms with Crippen molar-refractivity contribution in [2.75, 3.05) is 24.7 Å². The average Bonchev–Trinajstić information content (AvgIpc) is 3.25. The summed E-state index contributed by atoms with van der Waals surface area (Å²) in [6.07, 6.45) is 8.22. The number of rotatable bonds is 6. The number of hydrogen-bond acceptors (Lipinski definition) is 4. The Morgan fingerprint density at radius 3 is 2.52 bits per heavy atom. The monoisotopic (exact) mass is 469 g/mol. The number of aromatic nitrogens is 2. The molecule has 7 nitrogen and oxygen atoms in total. The molecule has 2 saturated heterocycles. The Morgan fingerprint density at radius 1 is 1.18 bits per heavy atom. The number of carbonyl (C=O) groups is 1. The van der Waals surface area contributed by atoms with Gasteiger partial charge in [0.25, 0.3) is 5.56 Å². The van der Waals surface area contributed by atoms with Crippen molar-refractivity contribution in [2.45, 2.75) is 45.2 Å². The number of carbonyl (C=O) groups excluding carboxylic acids is 1. The molecule has 33 heavy (non-hydrogen) atoms. The van der Waals surface area contributed by atoms with Crippen LogP contribution in [0.3, 0.4) is 0 Å². The summed E-state index contributed by atoms with van der Waals surface area (Å²) in [7, 11) is 1.87. The molecule has 1 spiro atoms. The summed E-state index contributed by atoms with van der Waals surface area (Å²) in [5.41, 5.74) is 1.92. The fraction of sp³-hybridized carbons (Fsp3) is 0.440. The molecule has 3 heterocycles. The Hall–Kier alpha value is -2.77. The summed E-state index contributed by atoms with van der Waals surface area (Å²) in [6.45, 7) is 6.57. The second-order valence-corrected chi connectivity index (χ2v) is 9.04. The van der Waals surface area contributed by atoms with Gasteiger partial charge in [0.05, 0.1) is 18.1 Å². The first-order valence-corrected chi connectivity index (χ1v) is 11.9. The number of nitrogens with one attached hydrogen (secondary N) is 1. The average molecular weight is 470 g/mol. The molecule has 4 rings (SSSR count). The summed E-state index contributed by atoms with van der Waals surface area (Å²) < 4.78 is 3.47. The molecule has 0 atom stereocenters. The highest BCUT2D eigenvalue weighted by atomic mass is 35.5. The molecule has 1 aromatic heterocycles. The van der Waals surface area contributed by atoms with Crippen molar-refractivity contribution < 1.29 is 4.79 Å². The summed E-state index contributed by atoms with van der Waals surface area (Å²) in [6, 6.07) is 10.1. The van der Waals surface area contributed by atoms with Gasteiger partial charge in [0.1, 0.15) is 10.6 Å². The minimum Gasteiger partial charge on any atom is -0.339 e. The molecule has 8 heteroatoms. The van der Waals surface area contributed by atoms with E-state index in [1.165, 1.54) is 0 Å². The molecule has 0 unspecified atom stereocenters. The molecule has 2 aliphatic rings. The molecule has 1 N–H and O–H groups in total. The van der Waals surface area contributed by atoms with Gasteiger partial charge in [-0.05, 0) is 44.4 Å². The normalized spacial score (nSPS) is 19.1. The summed E-state index contributed by atoms with van der Waals surface area (Å²) >= 11 is 6.52. The minimum atomic E-state index is -0.525. The van der Waals surface area contributed by atoms with E-state index in [0.717, 1.165) is 49.4 Å². The predicted molar refractivity (Wildman–Crippen MR) is 133 cm³/mol. The lowest BCUT2D eigenvalue weighted by molar-refractivity contribution is -0.125. The van der Waals surface area contributed by atoms with E-state index in [-0.39, 0.29) is 16.5 Å². The van der Waals surface area contributed by atoms with Crippen molar-refractivity contribution in [3.63, 3.8) is 0 Å². The first-order chi connectivity index (χ1) is 15.9. The first kappa shape index (κ1) is 23.4. The van der Waals surface area contributed by atoms with Crippen LogP contribution >= 0.6 is 11.6 Å². The van der Waals surface area contributed by atoms with Gasteiger partial charge in [0, 0.05) is 32.4 Å². The maximum Gasteiger partial charge on any atom is 0.290 e. The van der Waals surface area contributed by atoms with Gasteiger partial charge in [-0.2, -0.15) is 0 Å². The molecule has 2 fully saturated rings. The number of anilines is 1. The van der Waals surface area contributed by atoms with Gasteiger partial charge in [0.2, 0.25) is 5.91 Å². The number of nitrogens with zero attached hydrogens (tertiary/aromatic N) is 4. The third kappa shape index (κ3) is 4.15. The molecule has 2 aromatic rings. The van der Waals surface area contributed by atoms with Crippen LogP contribution in [0.1, 0.15) is 38.8 Å². The fourth-order valence-electron chi connectivity index (χ4n) is 4.93. The van der Waals surface area contributed by atoms with Crippen LogP contribution in [-0.2, 0) is 18.4 Å². The molecule has 0 aliphatic carbocycles. The topological polar surface area (TPSA) is 62.5 Å². The Labute approximate surface area is 199 Å². The lowest BCUT2D eigenvalue weighted by Gasteiger charge is -2.43. The van der Waals surface area contributed by atoms with Crippen molar-refractivity contribution in [1.82, 2.24) is 19.6 Å². The molecule has 0 saturated carbocycles. The standard InChI is InChI=1S/C25H32ClN5O2/c1-4-6-10-19(5-2)31-23(32)22(26)21(28(31)3)17-29-15-13-25(14-16-29)24(33)27-18-30(25)20-11-8-7-9-12-20/h5-12H,4,13-18H2,1-3H3,(H,27,33)/b10-6-,19-5+. The molecule has 1 aromatic carbocycles. The number of halogens is 1. The van der Waals surface area contributed by atoms with Gasteiger partial charge in [-0.1, -0.05) is 48.9 Å². The van der Waals surface area contributed by atoms with E-state index in [2.05, 4.69) is 34.2 Å². The molecular formula is C25H32ClN5O2. The number of para-hydroxylation sites is 1. The van der Waals surface area contributed by atoms with Crippen molar-refractivity contribution in [3.8, 4) is 0 Å². The van der Waals surface area contributed by atoms with Gasteiger partial charge in [-0.15, -0.1) is 0 Å².